The molecule has 30 heavy (non-hydrogen) atoms. The Labute approximate surface area is 173 Å². The molecular formula is C22H18N6O2. The van der Waals surface area contributed by atoms with E-state index in [9.17, 15) is 9.59 Å². The number of hydrogen-bond acceptors (Lipinski definition) is 6. The van der Waals surface area contributed by atoms with E-state index in [-0.39, 0.29) is 11.9 Å². The van der Waals surface area contributed by atoms with Crippen molar-refractivity contribution in [3.8, 4) is 6.07 Å². The molecule has 2 atom stereocenters. The fraction of sp³-hybridized carbons (Fsp3) is 0.182. The number of guanidine groups is 1. The number of fused-ring (bicyclic) bond motifs is 3. The molecule has 3 amide bonds. The van der Waals surface area contributed by atoms with E-state index in [1.807, 2.05) is 58.5 Å². The lowest BCUT2D eigenvalue weighted by atomic mass is 10.1. The molecule has 3 heterocycles. The number of carbonyl (C=O) groups excluding carboxylic acids is 2. The summed E-state index contributed by atoms with van der Waals surface area (Å²) >= 11 is 0. The first kappa shape index (κ1) is 17.9. The molecule has 0 saturated carbocycles. The topological polar surface area (TPSA) is 83.2 Å². The van der Waals surface area contributed by atoms with E-state index in [1.165, 1.54) is 11.9 Å². The molecule has 0 N–H and O–H groups in total. The average Bonchev–Trinajstić information content (AvgIpc) is 3.33. The average molecular weight is 398 g/mol. The first-order chi connectivity index (χ1) is 14.5. The number of aliphatic imine (C=N–C) groups is 1. The standard InChI is InChI=1S/C22H18N6O2/c1-25-19-18(20(29)26(2)22(25)30)27-13-17(15-6-4-3-5-7-15)28(21(27)24-19)16-10-8-14(12-23)9-11-16/h3-11,13,18-19H,1-2H3. The molecule has 8 heteroatoms. The fourth-order valence-electron chi connectivity index (χ4n) is 4.07. The minimum atomic E-state index is -0.616. The molecule has 0 spiro atoms. The van der Waals surface area contributed by atoms with Crippen molar-refractivity contribution < 1.29 is 9.59 Å². The van der Waals surface area contributed by atoms with Crippen LogP contribution in [0.3, 0.4) is 0 Å². The molecule has 0 radical (unpaired) electrons. The van der Waals surface area contributed by atoms with Gasteiger partial charge in [0.1, 0.15) is 0 Å². The Balaban J connectivity index is 1.64. The summed E-state index contributed by atoms with van der Waals surface area (Å²) in [6.45, 7) is 0. The van der Waals surface area contributed by atoms with Crippen LogP contribution in [0, 0.1) is 11.3 Å². The number of urea groups is 1. The van der Waals surface area contributed by atoms with Gasteiger partial charge in [-0.2, -0.15) is 5.26 Å². The molecule has 148 valence electrons. The van der Waals surface area contributed by atoms with Gasteiger partial charge in [0.05, 0.1) is 17.3 Å². The summed E-state index contributed by atoms with van der Waals surface area (Å²) in [5, 5.41) is 9.14. The van der Waals surface area contributed by atoms with Crippen molar-refractivity contribution in [1.82, 2.24) is 14.7 Å². The highest BCUT2D eigenvalue weighted by molar-refractivity contribution is 6.16. The van der Waals surface area contributed by atoms with E-state index in [4.69, 9.17) is 10.3 Å². The Bertz CT molecular complexity index is 1150. The summed E-state index contributed by atoms with van der Waals surface area (Å²) in [5.74, 6) is 0.295. The Morgan fingerprint density at radius 3 is 2.37 bits per heavy atom. The fourth-order valence-corrected chi connectivity index (χ4v) is 4.07. The molecule has 2 aromatic rings. The van der Waals surface area contributed by atoms with Gasteiger partial charge in [0, 0.05) is 31.5 Å². The molecule has 8 nitrogen and oxygen atoms in total. The Hall–Kier alpha value is -4.12. The van der Waals surface area contributed by atoms with Crippen LogP contribution in [0.2, 0.25) is 0 Å². The summed E-state index contributed by atoms with van der Waals surface area (Å²) in [4.78, 5) is 36.5. The van der Waals surface area contributed by atoms with Crippen molar-refractivity contribution in [2.45, 2.75) is 12.2 Å². The third-order valence-electron chi connectivity index (χ3n) is 5.66. The van der Waals surface area contributed by atoms with Crippen molar-refractivity contribution in [3.63, 3.8) is 0 Å². The van der Waals surface area contributed by atoms with E-state index in [1.54, 1.807) is 19.2 Å². The maximum atomic E-state index is 13.0. The lowest BCUT2D eigenvalue weighted by Gasteiger charge is -2.38. The van der Waals surface area contributed by atoms with Gasteiger partial charge in [0.2, 0.25) is 5.96 Å². The van der Waals surface area contributed by atoms with Crippen LogP contribution in [0.4, 0.5) is 10.5 Å². The number of hydrogen-bond donors (Lipinski definition) is 0. The van der Waals surface area contributed by atoms with Crippen LogP contribution >= 0.6 is 0 Å². The van der Waals surface area contributed by atoms with Crippen molar-refractivity contribution in [1.29, 1.82) is 5.26 Å². The zero-order valence-corrected chi connectivity index (χ0v) is 16.4. The summed E-state index contributed by atoms with van der Waals surface area (Å²) in [6.07, 6.45) is 1.32. The molecule has 1 fully saturated rings. The molecule has 0 aliphatic carbocycles. The van der Waals surface area contributed by atoms with Crippen LogP contribution in [0.1, 0.15) is 11.1 Å². The number of amides is 3. The SMILES string of the molecule is CN1C(=O)C2C(N=C3N(c4ccc(C#N)cc4)C(c4ccccc4)=CN32)N(C)C1=O. The van der Waals surface area contributed by atoms with Crippen LogP contribution in [-0.4, -0.2) is 58.9 Å². The Morgan fingerprint density at radius 2 is 1.70 bits per heavy atom. The monoisotopic (exact) mass is 398 g/mol. The second-order valence-corrected chi connectivity index (χ2v) is 7.36. The first-order valence-electron chi connectivity index (χ1n) is 9.49. The predicted molar refractivity (Wildman–Crippen MR) is 111 cm³/mol. The van der Waals surface area contributed by atoms with E-state index >= 15 is 0 Å². The van der Waals surface area contributed by atoms with Crippen LogP contribution in [0.15, 0.2) is 65.8 Å². The van der Waals surface area contributed by atoms with Gasteiger partial charge in [0.15, 0.2) is 12.2 Å². The van der Waals surface area contributed by atoms with Gasteiger partial charge >= 0.3 is 6.03 Å². The zero-order valence-electron chi connectivity index (χ0n) is 16.4. The van der Waals surface area contributed by atoms with Crippen molar-refractivity contribution in [2.24, 2.45) is 4.99 Å². The molecule has 3 aliphatic rings. The second kappa shape index (κ2) is 6.46. The summed E-state index contributed by atoms with van der Waals surface area (Å²) in [7, 11) is 3.15. The Morgan fingerprint density at radius 1 is 1.00 bits per heavy atom. The van der Waals surface area contributed by atoms with Gasteiger partial charge in [-0.3, -0.25) is 19.5 Å². The second-order valence-electron chi connectivity index (χ2n) is 7.36. The maximum absolute atomic E-state index is 13.0. The maximum Gasteiger partial charge on any atom is 0.328 e. The third-order valence-corrected chi connectivity index (χ3v) is 5.66. The normalized spacial score (nSPS) is 22.6. The third kappa shape index (κ3) is 2.42. The van der Waals surface area contributed by atoms with E-state index < -0.39 is 12.2 Å². The van der Waals surface area contributed by atoms with Crippen molar-refractivity contribution in [2.75, 3.05) is 19.0 Å². The number of imide groups is 1. The number of likely N-dealkylation sites (N-methyl/N-ethyl adjacent to an activating group) is 2. The van der Waals surface area contributed by atoms with E-state index in [0.29, 0.717) is 11.5 Å². The summed E-state index contributed by atoms with van der Waals surface area (Å²) in [6, 6.07) is 18.2. The Kier molecular flexibility index (Phi) is 3.86. The quantitative estimate of drug-likeness (QED) is 0.775. The van der Waals surface area contributed by atoms with Gasteiger partial charge in [0.25, 0.3) is 5.91 Å². The van der Waals surface area contributed by atoms with Gasteiger partial charge < -0.3 is 4.90 Å². The molecule has 2 unspecified atom stereocenters. The lowest BCUT2D eigenvalue weighted by molar-refractivity contribution is -0.135. The van der Waals surface area contributed by atoms with Gasteiger partial charge in [-0.1, -0.05) is 30.3 Å². The van der Waals surface area contributed by atoms with Gasteiger partial charge in [-0.25, -0.2) is 9.79 Å². The highest BCUT2D eigenvalue weighted by atomic mass is 16.2. The number of benzene rings is 2. The largest absolute Gasteiger partial charge is 0.328 e. The molecule has 5 rings (SSSR count). The highest BCUT2D eigenvalue weighted by Gasteiger charge is 2.54. The minimum Gasteiger partial charge on any atom is -0.302 e. The van der Waals surface area contributed by atoms with E-state index in [0.717, 1.165) is 21.8 Å². The van der Waals surface area contributed by atoms with Crippen molar-refractivity contribution >= 4 is 29.3 Å². The zero-order chi connectivity index (χ0) is 21.0. The number of carbonyl (C=O) groups is 2. The molecule has 0 bridgehead atoms. The van der Waals surface area contributed by atoms with Crippen LogP contribution in [0.5, 0.6) is 0 Å². The van der Waals surface area contributed by atoms with Crippen LogP contribution < -0.4 is 4.90 Å². The number of nitriles is 1. The summed E-state index contributed by atoms with van der Waals surface area (Å²) in [5.41, 5.74) is 3.21. The van der Waals surface area contributed by atoms with Crippen molar-refractivity contribution in [3.05, 3.63) is 71.9 Å². The van der Waals surface area contributed by atoms with Crippen LogP contribution in [0.25, 0.3) is 5.70 Å². The number of nitrogens with zero attached hydrogens (tertiary/aromatic N) is 6. The molecule has 0 aromatic heterocycles. The smallest absolute Gasteiger partial charge is 0.302 e. The highest BCUT2D eigenvalue weighted by Crippen LogP contribution is 2.39. The predicted octanol–water partition coefficient (Wildman–Crippen LogP) is 2.27. The number of anilines is 1. The lowest BCUT2D eigenvalue weighted by Crippen LogP contribution is -2.63. The van der Waals surface area contributed by atoms with E-state index in [2.05, 4.69) is 6.07 Å². The molecule has 3 aliphatic heterocycles. The molecular weight excluding hydrogens is 380 g/mol. The molecule has 1 saturated heterocycles. The number of rotatable bonds is 2. The first-order valence-corrected chi connectivity index (χ1v) is 9.49. The van der Waals surface area contributed by atoms with Crippen LogP contribution in [-0.2, 0) is 4.79 Å². The minimum absolute atomic E-state index is 0.285. The van der Waals surface area contributed by atoms with Gasteiger partial charge in [-0.05, 0) is 24.3 Å². The summed E-state index contributed by atoms with van der Waals surface area (Å²) < 4.78 is 0. The molecule has 2 aromatic carbocycles. The van der Waals surface area contributed by atoms with Gasteiger partial charge in [-0.15, -0.1) is 0 Å².